The third-order valence-electron chi connectivity index (χ3n) is 4.48. The maximum atomic E-state index is 12.4. The van der Waals surface area contributed by atoms with Gasteiger partial charge in [0.05, 0.1) is 11.4 Å². The average Bonchev–Trinajstić information content (AvgIpc) is 3.07. The number of ether oxygens (including phenoxy) is 1. The van der Waals surface area contributed by atoms with E-state index in [2.05, 4.69) is 21.2 Å². The molecule has 1 aliphatic heterocycles. The Morgan fingerprint density at radius 3 is 2.67 bits per heavy atom. The molecule has 0 saturated carbocycles. The van der Waals surface area contributed by atoms with Gasteiger partial charge in [0.2, 0.25) is 0 Å². The van der Waals surface area contributed by atoms with E-state index in [1.807, 2.05) is 35.7 Å². The van der Waals surface area contributed by atoms with Crippen LogP contribution >= 0.6 is 27.3 Å². The summed E-state index contributed by atoms with van der Waals surface area (Å²) in [6.45, 7) is 1.48. The number of carbonyl (C=O) groups excluding carboxylic acids is 1. The number of benzene rings is 1. The van der Waals surface area contributed by atoms with Crippen LogP contribution < -0.4 is 5.32 Å². The van der Waals surface area contributed by atoms with Gasteiger partial charge in [0.15, 0.2) is 0 Å². The topological polar surface area (TPSA) is 58.6 Å². The van der Waals surface area contributed by atoms with Gasteiger partial charge in [0, 0.05) is 23.1 Å². The molecule has 1 aliphatic rings. The summed E-state index contributed by atoms with van der Waals surface area (Å²) in [4.78, 5) is 13.0. The van der Waals surface area contributed by atoms with Crippen molar-refractivity contribution in [2.75, 3.05) is 19.8 Å². The molecule has 1 unspecified atom stereocenters. The molecule has 0 spiro atoms. The predicted octanol–water partition coefficient (Wildman–Crippen LogP) is 3.55. The minimum atomic E-state index is -1.09. The number of aliphatic hydroxyl groups is 1. The van der Waals surface area contributed by atoms with Gasteiger partial charge < -0.3 is 15.2 Å². The zero-order chi connectivity index (χ0) is 17.0. The van der Waals surface area contributed by atoms with Crippen molar-refractivity contribution in [2.45, 2.75) is 18.4 Å². The molecule has 1 atom stereocenters. The maximum absolute atomic E-state index is 12.4. The predicted molar refractivity (Wildman–Crippen MR) is 98.2 cm³/mol. The molecule has 1 amide bonds. The van der Waals surface area contributed by atoms with E-state index in [0.29, 0.717) is 18.1 Å². The van der Waals surface area contributed by atoms with Crippen LogP contribution in [0.4, 0.5) is 0 Å². The molecule has 1 fully saturated rings. The van der Waals surface area contributed by atoms with Gasteiger partial charge in [0.1, 0.15) is 5.60 Å². The molecule has 2 N–H and O–H groups in total. The second-order valence-electron chi connectivity index (χ2n) is 5.99. The van der Waals surface area contributed by atoms with E-state index >= 15 is 0 Å². The summed E-state index contributed by atoms with van der Waals surface area (Å²) in [5, 5.41) is 16.2. The van der Waals surface area contributed by atoms with Crippen LogP contribution in [-0.2, 0) is 10.3 Å². The number of hydrogen-bond acceptors (Lipinski definition) is 4. The first-order valence-corrected chi connectivity index (χ1v) is 9.65. The highest BCUT2D eigenvalue weighted by Crippen LogP contribution is 2.35. The number of carbonyl (C=O) groups is 1. The van der Waals surface area contributed by atoms with Crippen LogP contribution in [0.15, 0.2) is 46.3 Å². The molecular formula is C18H20BrNO3S. The van der Waals surface area contributed by atoms with Crippen LogP contribution in [0.1, 0.15) is 28.1 Å². The highest BCUT2D eigenvalue weighted by Gasteiger charge is 2.39. The molecule has 0 bridgehead atoms. The Kier molecular flexibility index (Phi) is 5.71. The molecule has 2 aromatic rings. The quantitative estimate of drug-likeness (QED) is 0.793. The van der Waals surface area contributed by atoms with Crippen molar-refractivity contribution >= 4 is 33.2 Å². The van der Waals surface area contributed by atoms with Crippen molar-refractivity contribution in [1.29, 1.82) is 0 Å². The van der Waals surface area contributed by atoms with Crippen molar-refractivity contribution in [1.82, 2.24) is 5.32 Å². The summed E-state index contributed by atoms with van der Waals surface area (Å²) in [5.74, 6) is -0.101. The fraction of sp³-hybridized carbons (Fsp3) is 0.389. The van der Waals surface area contributed by atoms with Gasteiger partial charge in [-0.2, -0.15) is 0 Å². The molecule has 2 heterocycles. The largest absolute Gasteiger partial charge is 0.383 e. The van der Waals surface area contributed by atoms with Gasteiger partial charge in [-0.3, -0.25) is 4.79 Å². The van der Waals surface area contributed by atoms with Gasteiger partial charge in [-0.15, -0.1) is 11.3 Å². The fourth-order valence-electron chi connectivity index (χ4n) is 3.12. The Morgan fingerprint density at radius 2 is 2.04 bits per heavy atom. The van der Waals surface area contributed by atoms with Crippen molar-refractivity contribution in [2.24, 2.45) is 5.92 Å². The highest BCUT2D eigenvalue weighted by molar-refractivity contribution is 9.10. The van der Waals surface area contributed by atoms with Gasteiger partial charge >= 0.3 is 0 Å². The molecule has 1 saturated heterocycles. The van der Waals surface area contributed by atoms with Crippen molar-refractivity contribution in [3.8, 4) is 0 Å². The fourth-order valence-corrected chi connectivity index (χ4v) is 4.46. The van der Waals surface area contributed by atoms with E-state index in [9.17, 15) is 9.90 Å². The Labute approximate surface area is 154 Å². The lowest BCUT2D eigenvalue weighted by Gasteiger charge is -2.39. The van der Waals surface area contributed by atoms with Gasteiger partial charge in [-0.05, 0) is 46.3 Å². The number of rotatable bonds is 5. The SMILES string of the molecule is O=C(NCC(O)(c1ccccc1)C1CCOCC1)c1cc(Br)cs1. The first kappa shape index (κ1) is 17.6. The lowest BCUT2D eigenvalue weighted by atomic mass is 9.77. The summed E-state index contributed by atoms with van der Waals surface area (Å²) in [6, 6.07) is 11.4. The minimum absolute atomic E-state index is 0.0593. The lowest BCUT2D eigenvalue weighted by molar-refractivity contribution is -0.0680. The van der Waals surface area contributed by atoms with E-state index in [4.69, 9.17) is 4.74 Å². The number of amides is 1. The Balaban J connectivity index is 1.78. The molecule has 4 nitrogen and oxygen atoms in total. The van der Waals surface area contributed by atoms with Crippen molar-refractivity contribution < 1.29 is 14.6 Å². The maximum Gasteiger partial charge on any atom is 0.261 e. The molecule has 0 radical (unpaired) electrons. The second-order valence-corrected chi connectivity index (χ2v) is 7.82. The Bertz CT molecular complexity index is 685. The summed E-state index contributed by atoms with van der Waals surface area (Å²) in [7, 11) is 0. The molecule has 1 aromatic heterocycles. The summed E-state index contributed by atoms with van der Waals surface area (Å²) < 4.78 is 6.32. The standard InChI is InChI=1S/C18H20BrNO3S/c19-15-10-16(24-11-15)17(21)20-12-18(22,13-4-2-1-3-5-13)14-6-8-23-9-7-14/h1-5,10-11,14,22H,6-9,12H2,(H,20,21). The van der Waals surface area contributed by atoms with Crippen LogP contribution in [0.5, 0.6) is 0 Å². The molecule has 3 rings (SSSR count). The number of hydrogen-bond donors (Lipinski definition) is 2. The first-order chi connectivity index (χ1) is 11.6. The van der Waals surface area contributed by atoms with Gasteiger partial charge in [0.25, 0.3) is 5.91 Å². The first-order valence-electron chi connectivity index (χ1n) is 7.97. The molecule has 24 heavy (non-hydrogen) atoms. The lowest BCUT2D eigenvalue weighted by Crippen LogP contribution is -2.47. The third kappa shape index (κ3) is 3.88. The second kappa shape index (κ2) is 7.78. The summed E-state index contributed by atoms with van der Waals surface area (Å²) in [5.41, 5.74) is -0.251. The van der Waals surface area contributed by atoms with E-state index < -0.39 is 5.60 Å². The average molecular weight is 410 g/mol. The van der Waals surface area contributed by atoms with Crippen LogP contribution in [0, 0.1) is 5.92 Å². The van der Waals surface area contributed by atoms with E-state index in [1.165, 1.54) is 11.3 Å². The molecule has 6 heteroatoms. The monoisotopic (exact) mass is 409 g/mol. The van der Waals surface area contributed by atoms with Crippen LogP contribution in [0.3, 0.4) is 0 Å². The van der Waals surface area contributed by atoms with E-state index in [-0.39, 0.29) is 18.4 Å². The number of nitrogens with one attached hydrogen (secondary N) is 1. The Hall–Kier alpha value is -1.21. The van der Waals surface area contributed by atoms with E-state index in [1.54, 1.807) is 6.07 Å². The summed E-state index contributed by atoms with van der Waals surface area (Å²) in [6.07, 6.45) is 1.57. The number of thiophene rings is 1. The van der Waals surface area contributed by atoms with Crippen molar-refractivity contribution in [3.05, 3.63) is 56.7 Å². The van der Waals surface area contributed by atoms with Crippen molar-refractivity contribution in [3.63, 3.8) is 0 Å². The smallest absolute Gasteiger partial charge is 0.261 e. The normalized spacial score (nSPS) is 18.1. The zero-order valence-corrected chi connectivity index (χ0v) is 15.6. The molecule has 1 aromatic carbocycles. The van der Waals surface area contributed by atoms with Crippen LogP contribution in [-0.4, -0.2) is 30.8 Å². The van der Waals surface area contributed by atoms with E-state index in [0.717, 1.165) is 22.9 Å². The third-order valence-corrected chi connectivity index (χ3v) is 6.17. The summed E-state index contributed by atoms with van der Waals surface area (Å²) >= 11 is 4.74. The molecular weight excluding hydrogens is 390 g/mol. The van der Waals surface area contributed by atoms with Crippen LogP contribution in [0.2, 0.25) is 0 Å². The highest BCUT2D eigenvalue weighted by atomic mass is 79.9. The number of halogens is 1. The van der Waals surface area contributed by atoms with Crippen LogP contribution in [0.25, 0.3) is 0 Å². The minimum Gasteiger partial charge on any atom is -0.383 e. The Morgan fingerprint density at radius 1 is 1.33 bits per heavy atom. The molecule has 0 aliphatic carbocycles. The molecule has 128 valence electrons. The zero-order valence-electron chi connectivity index (χ0n) is 13.2. The van der Waals surface area contributed by atoms with Gasteiger partial charge in [-0.1, -0.05) is 30.3 Å². The van der Waals surface area contributed by atoms with Gasteiger partial charge in [-0.25, -0.2) is 0 Å².